The van der Waals surface area contributed by atoms with Crippen molar-refractivity contribution in [1.82, 2.24) is 14.3 Å². The van der Waals surface area contributed by atoms with Gasteiger partial charge in [0.1, 0.15) is 0 Å². The van der Waals surface area contributed by atoms with Crippen molar-refractivity contribution in [3.8, 4) is 6.01 Å². The lowest BCUT2D eigenvalue weighted by Crippen LogP contribution is -2.33. The number of rotatable bonds is 2. The Morgan fingerprint density at radius 1 is 1.44 bits per heavy atom. The van der Waals surface area contributed by atoms with Crippen LogP contribution >= 0.6 is 11.5 Å². The molecule has 6 nitrogen and oxygen atoms in total. The van der Waals surface area contributed by atoms with Crippen molar-refractivity contribution in [2.45, 2.75) is 19.3 Å². The Kier molecular flexibility index (Phi) is 3.07. The molecule has 1 saturated carbocycles. The summed E-state index contributed by atoms with van der Waals surface area (Å²) in [4.78, 5) is 18.0. The summed E-state index contributed by atoms with van der Waals surface area (Å²) in [5.41, 5.74) is 0. The molecule has 0 unspecified atom stereocenters. The largest absolute Gasteiger partial charge is 0.466 e. The van der Waals surface area contributed by atoms with Crippen molar-refractivity contribution in [2.24, 2.45) is 11.8 Å². The zero-order chi connectivity index (χ0) is 12.5. The van der Waals surface area contributed by atoms with Crippen LogP contribution in [-0.2, 0) is 0 Å². The highest BCUT2D eigenvalue weighted by atomic mass is 32.1. The molecule has 18 heavy (non-hydrogen) atoms. The zero-order valence-electron chi connectivity index (χ0n) is 10.3. The van der Waals surface area contributed by atoms with Gasteiger partial charge in [0.05, 0.1) is 7.11 Å². The average Bonchev–Trinajstić information content (AvgIpc) is 3.02. The van der Waals surface area contributed by atoms with E-state index >= 15 is 0 Å². The molecule has 0 radical (unpaired) electrons. The first-order valence-corrected chi connectivity index (χ1v) is 6.97. The Bertz CT molecular complexity index is 438. The second kappa shape index (κ2) is 4.72. The number of amides is 2. The van der Waals surface area contributed by atoms with E-state index in [2.05, 4.69) is 14.7 Å². The fourth-order valence-corrected chi connectivity index (χ4v) is 3.45. The number of nitrogens with zero attached hydrogens (tertiary/aromatic N) is 3. The Hall–Kier alpha value is -1.37. The molecule has 7 heteroatoms. The van der Waals surface area contributed by atoms with E-state index in [4.69, 9.17) is 4.74 Å². The average molecular weight is 268 g/mol. The molecule has 1 aliphatic heterocycles. The van der Waals surface area contributed by atoms with Gasteiger partial charge in [0.2, 0.25) is 5.13 Å². The molecule has 0 aromatic carbocycles. The van der Waals surface area contributed by atoms with Crippen LogP contribution in [0.15, 0.2) is 0 Å². The van der Waals surface area contributed by atoms with E-state index in [1.165, 1.54) is 26.4 Å². The number of aromatic nitrogens is 2. The van der Waals surface area contributed by atoms with Crippen molar-refractivity contribution >= 4 is 22.7 Å². The Balaban J connectivity index is 1.58. The second-order valence-electron chi connectivity index (χ2n) is 4.87. The third kappa shape index (κ3) is 2.14. The Morgan fingerprint density at radius 2 is 2.17 bits per heavy atom. The highest BCUT2D eigenvalue weighted by Gasteiger charge is 2.38. The summed E-state index contributed by atoms with van der Waals surface area (Å²) in [6.07, 6.45) is 3.85. The molecule has 1 N–H and O–H groups in total. The topological polar surface area (TPSA) is 67.3 Å². The molecular weight excluding hydrogens is 252 g/mol. The van der Waals surface area contributed by atoms with E-state index < -0.39 is 0 Å². The number of carbonyl (C=O) groups excluding carboxylic acids is 1. The lowest BCUT2D eigenvalue weighted by Gasteiger charge is -2.16. The number of hydrogen-bond acceptors (Lipinski definition) is 5. The van der Waals surface area contributed by atoms with E-state index in [1.807, 2.05) is 4.90 Å². The van der Waals surface area contributed by atoms with Crippen molar-refractivity contribution in [3.63, 3.8) is 0 Å². The molecule has 3 rings (SSSR count). The molecule has 2 fully saturated rings. The van der Waals surface area contributed by atoms with Crippen LogP contribution in [0.1, 0.15) is 19.3 Å². The lowest BCUT2D eigenvalue weighted by molar-refractivity contribution is 0.219. The van der Waals surface area contributed by atoms with E-state index in [0.29, 0.717) is 23.0 Å². The number of carbonyl (C=O) groups is 1. The fraction of sp³-hybridized carbons (Fsp3) is 0.727. The van der Waals surface area contributed by atoms with Gasteiger partial charge in [0.25, 0.3) is 0 Å². The molecule has 0 bridgehead atoms. The lowest BCUT2D eigenvalue weighted by atomic mass is 10.0. The number of fused-ring (bicyclic) bond motifs is 1. The van der Waals surface area contributed by atoms with E-state index in [1.54, 1.807) is 0 Å². The molecule has 0 spiro atoms. The van der Waals surface area contributed by atoms with Crippen molar-refractivity contribution in [3.05, 3.63) is 0 Å². The number of likely N-dealkylation sites (tertiary alicyclic amines) is 1. The molecule has 2 amide bonds. The third-order valence-corrected chi connectivity index (χ3v) is 4.43. The quantitative estimate of drug-likeness (QED) is 0.888. The molecule has 1 aliphatic carbocycles. The van der Waals surface area contributed by atoms with Gasteiger partial charge in [-0.25, -0.2) is 4.79 Å². The number of ether oxygens (including phenoxy) is 1. The minimum absolute atomic E-state index is 0.0665. The van der Waals surface area contributed by atoms with Crippen molar-refractivity contribution in [1.29, 1.82) is 0 Å². The van der Waals surface area contributed by atoms with Gasteiger partial charge in [-0.2, -0.15) is 4.98 Å². The summed E-state index contributed by atoms with van der Waals surface area (Å²) in [5, 5.41) is 3.27. The van der Waals surface area contributed by atoms with Gasteiger partial charge in [-0.3, -0.25) is 5.32 Å². The van der Waals surface area contributed by atoms with Gasteiger partial charge in [-0.15, -0.1) is 4.37 Å². The van der Waals surface area contributed by atoms with Gasteiger partial charge in [0.15, 0.2) is 0 Å². The molecule has 1 saturated heterocycles. The van der Waals surface area contributed by atoms with E-state index in [0.717, 1.165) is 24.6 Å². The van der Waals surface area contributed by atoms with Crippen LogP contribution in [0.25, 0.3) is 0 Å². The molecule has 1 aromatic rings. The van der Waals surface area contributed by atoms with Crippen molar-refractivity contribution < 1.29 is 9.53 Å². The maximum Gasteiger partial charge on any atom is 0.329 e. The number of methoxy groups -OCH3 is 1. The molecule has 98 valence electrons. The standard InChI is InChI=1S/C11H16N4O2S/c1-17-9-12-10(18-14-9)13-11(16)15-5-7-3-2-4-8(7)6-15/h7-8H,2-6H2,1H3,(H,12,13,14,16)/t7-,8+. The Morgan fingerprint density at radius 3 is 2.78 bits per heavy atom. The first-order valence-electron chi connectivity index (χ1n) is 6.20. The maximum absolute atomic E-state index is 12.1. The van der Waals surface area contributed by atoms with Crippen LogP contribution < -0.4 is 10.1 Å². The number of nitrogens with one attached hydrogen (secondary N) is 1. The normalized spacial score (nSPS) is 26.2. The number of anilines is 1. The molecule has 2 heterocycles. The maximum atomic E-state index is 12.1. The summed E-state index contributed by atoms with van der Waals surface area (Å²) in [5.74, 6) is 1.42. The second-order valence-corrected chi connectivity index (χ2v) is 5.62. The summed E-state index contributed by atoms with van der Waals surface area (Å²) in [7, 11) is 1.51. The van der Waals surface area contributed by atoms with Crippen LogP contribution in [0.3, 0.4) is 0 Å². The summed E-state index contributed by atoms with van der Waals surface area (Å²) >= 11 is 1.14. The molecule has 1 aromatic heterocycles. The first-order chi connectivity index (χ1) is 8.76. The predicted octanol–water partition coefficient (Wildman–Crippen LogP) is 1.81. The number of hydrogen-bond donors (Lipinski definition) is 1. The van der Waals surface area contributed by atoms with E-state index in [-0.39, 0.29) is 6.03 Å². The summed E-state index contributed by atoms with van der Waals surface area (Å²) in [6, 6.07) is 0.233. The summed E-state index contributed by atoms with van der Waals surface area (Å²) < 4.78 is 8.83. The monoisotopic (exact) mass is 268 g/mol. The van der Waals surface area contributed by atoms with Gasteiger partial charge in [-0.1, -0.05) is 6.42 Å². The van der Waals surface area contributed by atoms with Crippen LogP contribution in [0, 0.1) is 11.8 Å². The third-order valence-electron chi connectivity index (χ3n) is 3.82. The fourth-order valence-electron chi connectivity index (χ4n) is 2.92. The van der Waals surface area contributed by atoms with E-state index in [9.17, 15) is 4.79 Å². The van der Waals surface area contributed by atoms with Crippen LogP contribution in [-0.4, -0.2) is 40.5 Å². The highest BCUT2D eigenvalue weighted by molar-refractivity contribution is 7.10. The SMILES string of the molecule is COc1nsc(NC(=O)N2C[C@H]3CCC[C@H]3C2)n1. The first kappa shape index (κ1) is 11.7. The zero-order valence-corrected chi connectivity index (χ0v) is 11.1. The van der Waals surface area contributed by atoms with Crippen LogP contribution in [0.5, 0.6) is 6.01 Å². The van der Waals surface area contributed by atoms with Crippen LogP contribution in [0.4, 0.5) is 9.93 Å². The number of urea groups is 1. The van der Waals surface area contributed by atoms with Gasteiger partial charge in [-0.05, 0) is 24.7 Å². The molecular formula is C11H16N4O2S. The Labute approximate surface area is 110 Å². The predicted molar refractivity (Wildman–Crippen MR) is 67.9 cm³/mol. The van der Waals surface area contributed by atoms with Gasteiger partial charge >= 0.3 is 12.0 Å². The van der Waals surface area contributed by atoms with Crippen molar-refractivity contribution in [2.75, 3.05) is 25.5 Å². The highest BCUT2D eigenvalue weighted by Crippen LogP contribution is 2.37. The molecule has 2 atom stereocenters. The van der Waals surface area contributed by atoms with Gasteiger partial charge in [0, 0.05) is 24.6 Å². The van der Waals surface area contributed by atoms with Gasteiger partial charge < -0.3 is 9.64 Å². The minimum atomic E-state index is -0.0665. The van der Waals surface area contributed by atoms with Crippen LogP contribution in [0.2, 0.25) is 0 Å². The minimum Gasteiger partial charge on any atom is -0.466 e. The smallest absolute Gasteiger partial charge is 0.329 e. The molecule has 2 aliphatic rings. The summed E-state index contributed by atoms with van der Waals surface area (Å²) in [6.45, 7) is 1.76.